The summed E-state index contributed by atoms with van der Waals surface area (Å²) in [6.45, 7) is 6.55. The van der Waals surface area contributed by atoms with Crippen LogP contribution >= 0.6 is 0 Å². The second-order valence-corrected chi connectivity index (χ2v) is 4.91. The second kappa shape index (κ2) is 5.74. The first-order valence-corrected chi connectivity index (χ1v) is 6.48. The van der Waals surface area contributed by atoms with E-state index in [1.54, 1.807) is 13.3 Å². The highest BCUT2D eigenvalue weighted by Crippen LogP contribution is 2.28. The van der Waals surface area contributed by atoms with E-state index >= 15 is 0 Å². The molecule has 3 nitrogen and oxygen atoms in total. The number of anilines is 2. The van der Waals surface area contributed by atoms with Crippen molar-refractivity contribution >= 4 is 11.4 Å². The molecule has 1 aromatic carbocycles. The van der Waals surface area contributed by atoms with E-state index in [-0.39, 0.29) is 0 Å². The standard InChI is InChI=1S/C16H20N2O/c1-11(2)14-10-13(8-7-12(14)3)18-15-6-5-9-17-16(15)19-4/h5-11,18H,1-4H3. The molecular formula is C16H20N2O. The summed E-state index contributed by atoms with van der Waals surface area (Å²) in [6, 6.07) is 10.3. The highest BCUT2D eigenvalue weighted by Gasteiger charge is 2.07. The molecule has 0 amide bonds. The number of aromatic nitrogens is 1. The number of aryl methyl sites for hydroxylation is 1. The molecule has 1 N–H and O–H groups in total. The first kappa shape index (κ1) is 13.4. The van der Waals surface area contributed by atoms with Crippen molar-refractivity contribution in [3.8, 4) is 5.88 Å². The molecule has 0 aliphatic carbocycles. The quantitative estimate of drug-likeness (QED) is 0.887. The molecule has 0 aliphatic rings. The van der Waals surface area contributed by atoms with Crippen LogP contribution in [0.15, 0.2) is 36.5 Å². The van der Waals surface area contributed by atoms with Crippen molar-refractivity contribution in [2.24, 2.45) is 0 Å². The zero-order chi connectivity index (χ0) is 13.8. The molecule has 0 radical (unpaired) electrons. The average Bonchev–Trinajstić information content (AvgIpc) is 2.41. The lowest BCUT2D eigenvalue weighted by molar-refractivity contribution is 0.400. The summed E-state index contributed by atoms with van der Waals surface area (Å²) >= 11 is 0. The Morgan fingerprint density at radius 1 is 1.21 bits per heavy atom. The Kier molecular flexibility index (Phi) is 4.05. The second-order valence-electron chi connectivity index (χ2n) is 4.91. The average molecular weight is 256 g/mol. The van der Waals surface area contributed by atoms with Gasteiger partial charge in [0.1, 0.15) is 5.69 Å². The Labute approximate surface area is 114 Å². The van der Waals surface area contributed by atoms with Gasteiger partial charge in [-0.15, -0.1) is 0 Å². The van der Waals surface area contributed by atoms with Crippen LogP contribution in [-0.2, 0) is 0 Å². The van der Waals surface area contributed by atoms with E-state index in [1.807, 2.05) is 12.1 Å². The van der Waals surface area contributed by atoms with Gasteiger partial charge in [0.25, 0.3) is 0 Å². The summed E-state index contributed by atoms with van der Waals surface area (Å²) in [7, 11) is 1.63. The minimum absolute atomic E-state index is 0.512. The van der Waals surface area contributed by atoms with Gasteiger partial charge in [-0.1, -0.05) is 19.9 Å². The van der Waals surface area contributed by atoms with Gasteiger partial charge in [-0.25, -0.2) is 4.98 Å². The Bertz CT molecular complexity index is 564. The summed E-state index contributed by atoms with van der Waals surface area (Å²) < 4.78 is 5.25. The molecule has 0 unspecified atom stereocenters. The van der Waals surface area contributed by atoms with Crippen LogP contribution in [0.4, 0.5) is 11.4 Å². The van der Waals surface area contributed by atoms with Gasteiger partial charge in [-0.3, -0.25) is 0 Å². The summed E-state index contributed by atoms with van der Waals surface area (Å²) in [5.74, 6) is 1.12. The summed E-state index contributed by atoms with van der Waals surface area (Å²) in [6.07, 6.45) is 1.72. The molecule has 1 heterocycles. The lowest BCUT2D eigenvalue weighted by Crippen LogP contribution is -1.98. The van der Waals surface area contributed by atoms with E-state index in [4.69, 9.17) is 4.74 Å². The highest BCUT2D eigenvalue weighted by atomic mass is 16.5. The van der Waals surface area contributed by atoms with Crippen molar-refractivity contribution in [2.75, 3.05) is 12.4 Å². The number of methoxy groups -OCH3 is 1. The van der Waals surface area contributed by atoms with Crippen molar-refractivity contribution in [1.29, 1.82) is 0 Å². The number of hydrogen-bond donors (Lipinski definition) is 1. The number of benzene rings is 1. The molecule has 0 spiro atoms. The van der Waals surface area contributed by atoms with Gasteiger partial charge < -0.3 is 10.1 Å². The Morgan fingerprint density at radius 3 is 2.68 bits per heavy atom. The third kappa shape index (κ3) is 3.05. The lowest BCUT2D eigenvalue weighted by atomic mass is 9.97. The largest absolute Gasteiger partial charge is 0.480 e. The van der Waals surface area contributed by atoms with Gasteiger partial charge in [-0.2, -0.15) is 0 Å². The fraction of sp³-hybridized carbons (Fsp3) is 0.312. The van der Waals surface area contributed by atoms with E-state index in [0.717, 1.165) is 11.4 Å². The predicted octanol–water partition coefficient (Wildman–Crippen LogP) is 4.27. The summed E-state index contributed by atoms with van der Waals surface area (Å²) in [5, 5.41) is 3.36. The van der Waals surface area contributed by atoms with Crippen LogP contribution in [-0.4, -0.2) is 12.1 Å². The normalized spacial score (nSPS) is 10.6. The lowest BCUT2D eigenvalue weighted by Gasteiger charge is -2.14. The fourth-order valence-corrected chi connectivity index (χ4v) is 2.14. The van der Waals surface area contributed by atoms with Crippen molar-refractivity contribution < 1.29 is 4.74 Å². The van der Waals surface area contributed by atoms with E-state index < -0.39 is 0 Å². The maximum absolute atomic E-state index is 5.25. The SMILES string of the molecule is COc1ncccc1Nc1ccc(C)c(C(C)C)c1. The first-order chi connectivity index (χ1) is 9.11. The number of pyridine rings is 1. The van der Waals surface area contributed by atoms with E-state index in [2.05, 4.69) is 49.3 Å². The molecule has 3 heteroatoms. The van der Waals surface area contributed by atoms with E-state index in [0.29, 0.717) is 11.8 Å². The van der Waals surface area contributed by atoms with Crippen molar-refractivity contribution in [2.45, 2.75) is 26.7 Å². The molecule has 19 heavy (non-hydrogen) atoms. The molecular weight excluding hydrogens is 236 g/mol. The van der Waals surface area contributed by atoms with Crippen molar-refractivity contribution in [3.05, 3.63) is 47.7 Å². The highest BCUT2D eigenvalue weighted by molar-refractivity contribution is 5.65. The fourth-order valence-electron chi connectivity index (χ4n) is 2.14. The number of hydrogen-bond acceptors (Lipinski definition) is 3. The van der Waals surface area contributed by atoms with Gasteiger partial charge in [0.05, 0.1) is 7.11 Å². The van der Waals surface area contributed by atoms with E-state index in [1.165, 1.54) is 11.1 Å². The van der Waals surface area contributed by atoms with Gasteiger partial charge in [0.2, 0.25) is 5.88 Å². The third-order valence-electron chi connectivity index (χ3n) is 3.14. The molecule has 2 aromatic rings. The van der Waals surface area contributed by atoms with Crippen LogP contribution < -0.4 is 10.1 Å². The molecule has 0 saturated carbocycles. The maximum atomic E-state index is 5.25. The summed E-state index contributed by atoms with van der Waals surface area (Å²) in [5.41, 5.74) is 4.61. The maximum Gasteiger partial charge on any atom is 0.237 e. The van der Waals surface area contributed by atoms with Crippen LogP contribution in [0.5, 0.6) is 5.88 Å². The first-order valence-electron chi connectivity index (χ1n) is 6.48. The predicted molar refractivity (Wildman–Crippen MR) is 79.3 cm³/mol. The molecule has 1 aromatic heterocycles. The third-order valence-corrected chi connectivity index (χ3v) is 3.14. The molecule has 0 bridgehead atoms. The number of ether oxygens (including phenoxy) is 1. The summed E-state index contributed by atoms with van der Waals surface area (Å²) in [4.78, 5) is 4.18. The van der Waals surface area contributed by atoms with Gasteiger partial charge >= 0.3 is 0 Å². The zero-order valence-corrected chi connectivity index (χ0v) is 11.9. The Balaban J connectivity index is 2.31. The minimum atomic E-state index is 0.512. The monoisotopic (exact) mass is 256 g/mol. The van der Waals surface area contributed by atoms with Crippen LogP contribution in [0.25, 0.3) is 0 Å². The van der Waals surface area contributed by atoms with Gasteiger partial charge in [0.15, 0.2) is 0 Å². The van der Waals surface area contributed by atoms with Gasteiger partial charge in [-0.05, 0) is 48.2 Å². The molecule has 0 saturated heterocycles. The van der Waals surface area contributed by atoms with Crippen LogP contribution in [0.3, 0.4) is 0 Å². The Morgan fingerprint density at radius 2 is 2.00 bits per heavy atom. The molecule has 100 valence electrons. The zero-order valence-electron chi connectivity index (χ0n) is 11.9. The molecule has 0 atom stereocenters. The Hall–Kier alpha value is -2.03. The number of nitrogens with one attached hydrogen (secondary N) is 1. The molecule has 0 fully saturated rings. The van der Waals surface area contributed by atoms with Crippen molar-refractivity contribution in [1.82, 2.24) is 4.98 Å². The number of nitrogens with zero attached hydrogens (tertiary/aromatic N) is 1. The molecule has 0 aliphatic heterocycles. The topological polar surface area (TPSA) is 34.1 Å². The van der Waals surface area contributed by atoms with Crippen LogP contribution in [0.1, 0.15) is 30.9 Å². The molecule has 2 rings (SSSR count). The van der Waals surface area contributed by atoms with Crippen molar-refractivity contribution in [3.63, 3.8) is 0 Å². The number of rotatable bonds is 4. The minimum Gasteiger partial charge on any atom is -0.480 e. The van der Waals surface area contributed by atoms with Crippen LogP contribution in [0, 0.1) is 6.92 Å². The van der Waals surface area contributed by atoms with Crippen LogP contribution in [0.2, 0.25) is 0 Å². The van der Waals surface area contributed by atoms with E-state index in [9.17, 15) is 0 Å². The van der Waals surface area contributed by atoms with Gasteiger partial charge in [0, 0.05) is 11.9 Å². The smallest absolute Gasteiger partial charge is 0.237 e.